The summed E-state index contributed by atoms with van der Waals surface area (Å²) in [6.07, 6.45) is 0. The Kier molecular flexibility index (Phi) is 3.45. The molecule has 0 radical (unpaired) electrons. The number of hydrogen-bond donors (Lipinski definition) is 0. The monoisotopic (exact) mass is 331 g/mol. The molecule has 0 bridgehead atoms. The highest BCUT2D eigenvalue weighted by Gasteiger charge is 2.34. The number of sulfone groups is 1. The van der Waals surface area contributed by atoms with Crippen LogP contribution in [0.5, 0.6) is 0 Å². The third-order valence-electron chi connectivity index (χ3n) is 3.82. The summed E-state index contributed by atoms with van der Waals surface area (Å²) >= 11 is 0. The molecule has 2 aromatic rings. The lowest BCUT2D eigenvalue weighted by molar-refractivity contribution is 0.594. The van der Waals surface area contributed by atoms with E-state index in [0.29, 0.717) is 11.1 Å². The summed E-state index contributed by atoms with van der Waals surface area (Å²) in [6.45, 7) is 9.06. The molecule has 5 nitrogen and oxygen atoms in total. The molecule has 24 heavy (non-hydrogen) atoms. The molecule has 1 aliphatic heterocycles. The van der Waals surface area contributed by atoms with E-state index in [9.17, 15) is 13.7 Å². The van der Waals surface area contributed by atoms with Crippen molar-refractivity contribution in [2.75, 3.05) is 0 Å². The van der Waals surface area contributed by atoms with Gasteiger partial charge in [0.15, 0.2) is 0 Å². The van der Waals surface area contributed by atoms with Gasteiger partial charge in [-0.3, -0.25) is 0 Å². The summed E-state index contributed by atoms with van der Waals surface area (Å²) in [4.78, 5) is 3.25. The summed E-state index contributed by atoms with van der Waals surface area (Å²) in [5.41, 5.74) is 1.76. The Balaban J connectivity index is 2.56. The molecule has 1 aliphatic rings. The van der Waals surface area contributed by atoms with Crippen LogP contribution < -0.4 is 0 Å². The Morgan fingerprint density at radius 1 is 1.08 bits per heavy atom. The molecular formula is C18H9N3O2S. The van der Waals surface area contributed by atoms with Crippen LogP contribution in [0.3, 0.4) is 0 Å². The van der Waals surface area contributed by atoms with Gasteiger partial charge in [0.05, 0.1) is 34.1 Å². The van der Waals surface area contributed by atoms with Crippen LogP contribution in [0.2, 0.25) is 0 Å². The van der Waals surface area contributed by atoms with E-state index in [4.69, 9.17) is 11.8 Å². The van der Waals surface area contributed by atoms with Gasteiger partial charge in [-0.2, -0.15) is 5.26 Å². The van der Waals surface area contributed by atoms with Crippen molar-refractivity contribution in [1.82, 2.24) is 0 Å². The van der Waals surface area contributed by atoms with Gasteiger partial charge in [-0.15, -0.1) is 0 Å². The summed E-state index contributed by atoms with van der Waals surface area (Å²) in [5.74, 6) is 0. The molecular weight excluding hydrogens is 322 g/mol. The predicted octanol–water partition coefficient (Wildman–Crippen LogP) is 3.22. The van der Waals surface area contributed by atoms with Crippen LogP contribution in [0.4, 0.5) is 0 Å². The number of aryl methyl sites for hydroxylation is 1. The van der Waals surface area contributed by atoms with Crippen molar-refractivity contribution in [1.29, 1.82) is 10.5 Å². The number of benzene rings is 2. The molecule has 0 N–H and O–H groups in total. The third kappa shape index (κ3) is 2.08. The lowest BCUT2D eigenvalue weighted by atomic mass is 9.93. The van der Waals surface area contributed by atoms with E-state index in [1.807, 2.05) is 19.1 Å². The van der Waals surface area contributed by atoms with Gasteiger partial charge in [0, 0.05) is 5.57 Å². The maximum Gasteiger partial charge on any atom is 0.270 e. The summed E-state index contributed by atoms with van der Waals surface area (Å²) in [7, 11) is -3.83. The van der Waals surface area contributed by atoms with E-state index in [0.717, 1.165) is 5.56 Å². The maximum absolute atomic E-state index is 12.9. The van der Waals surface area contributed by atoms with Crippen molar-refractivity contribution in [2.24, 2.45) is 0 Å². The molecule has 1 heterocycles. The molecule has 0 spiro atoms. The Morgan fingerprint density at radius 3 is 2.46 bits per heavy atom. The minimum Gasteiger partial charge on any atom is -0.226 e. The fourth-order valence-corrected chi connectivity index (χ4v) is 4.43. The highest BCUT2D eigenvalue weighted by molar-refractivity contribution is 7.91. The van der Waals surface area contributed by atoms with Gasteiger partial charge < -0.3 is 0 Å². The van der Waals surface area contributed by atoms with Gasteiger partial charge in [-0.1, -0.05) is 23.8 Å². The second kappa shape index (κ2) is 5.35. The Morgan fingerprint density at radius 2 is 1.83 bits per heavy atom. The van der Waals surface area contributed by atoms with Crippen LogP contribution in [-0.2, 0) is 9.84 Å². The third-order valence-corrected chi connectivity index (χ3v) is 5.67. The predicted molar refractivity (Wildman–Crippen MR) is 86.0 cm³/mol. The zero-order chi connectivity index (χ0) is 17.5. The fraction of sp³-hybridized carbons (Fsp3) is 0.0556. The Bertz CT molecular complexity index is 1140. The summed E-state index contributed by atoms with van der Waals surface area (Å²) in [6, 6.07) is 12.8. The molecule has 0 saturated heterocycles. The number of allylic oxidation sites excluding steroid dienone is 1. The molecule has 0 aromatic heterocycles. The quantitative estimate of drug-likeness (QED) is 0.467. The van der Waals surface area contributed by atoms with E-state index in [-0.39, 0.29) is 26.6 Å². The number of hydrogen-bond acceptors (Lipinski definition) is 4. The van der Waals surface area contributed by atoms with E-state index in [1.54, 1.807) is 12.1 Å². The number of rotatable bonds is 0. The first kappa shape index (κ1) is 15.5. The van der Waals surface area contributed by atoms with Crippen molar-refractivity contribution in [3.05, 3.63) is 75.8 Å². The van der Waals surface area contributed by atoms with E-state index < -0.39 is 9.84 Å². The first-order valence-corrected chi connectivity index (χ1v) is 8.35. The molecule has 0 saturated carbocycles. The van der Waals surface area contributed by atoms with Crippen LogP contribution in [0, 0.1) is 36.2 Å². The van der Waals surface area contributed by atoms with Gasteiger partial charge in [-0.25, -0.2) is 18.5 Å². The normalized spacial score (nSPS) is 15.9. The molecule has 0 unspecified atom stereocenters. The second-order valence-electron chi connectivity index (χ2n) is 5.27. The first-order chi connectivity index (χ1) is 11.4. The van der Waals surface area contributed by atoms with Crippen molar-refractivity contribution >= 4 is 15.4 Å². The minimum atomic E-state index is -3.83. The van der Waals surface area contributed by atoms with Crippen LogP contribution >= 0.6 is 0 Å². The molecule has 6 heteroatoms. The Labute approximate surface area is 139 Å². The maximum atomic E-state index is 12.9. The van der Waals surface area contributed by atoms with Gasteiger partial charge in [0.2, 0.25) is 9.84 Å². The van der Waals surface area contributed by atoms with Crippen LogP contribution in [0.15, 0.2) is 51.9 Å². The molecule has 0 amide bonds. The van der Waals surface area contributed by atoms with Crippen molar-refractivity contribution < 1.29 is 8.42 Å². The fourth-order valence-electron chi connectivity index (χ4n) is 2.75. The SMILES string of the molecule is [C-]#[N+]/C(C#N)=C1\c2cc(C)ccc2S(=O)(=O)c2cc(C#N)ccc21. The van der Waals surface area contributed by atoms with Gasteiger partial charge in [0.1, 0.15) is 0 Å². The zero-order valence-electron chi connectivity index (χ0n) is 12.5. The second-order valence-corrected chi connectivity index (χ2v) is 7.16. The van der Waals surface area contributed by atoms with E-state index in [1.165, 1.54) is 24.3 Å². The largest absolute Gasteiger partial charge is 0.270 e. The van der Waals surface area contributed by atoms with Gasteiger partial charge >= 0.3 is 0 Å². The lowest BCUT2D eigenvalue weighted by Crippen LogP contribution is -2.15. The van der Waals surface area contributed by atoms with Gasteiger partial charge in [-0.05, 0) is 36.2 Å². The standard InChI is InChI=1S/C18H9N3O2S/c1-11-3-6-16-14(7-11)18(15(10-20)21-2)13-5-4-12(9-19)8-17(13)24(16,22)23/h3-8H,1H3/b18-15-. The first-order valence-electron chi connectivity index (χ1n) is 6.86. The molecule has 0 atom stereocenters. The lowest BCUT2D eigenvalue weighted by Gasteiger charge is -2.23. The summed E-state index contributed by atoms with van der Waals surface area (Å²) < 4.78 is 25.9. The topological polar surface area (TPSA) is 86.1 Å². The highest BCUT2D eigenvalue weighted by Crippen LogP contribution is 2.43. The van der Waals surface area contributed by atoms with Crippen molar-refractivity contribution in [3.63, 3.8) is 0 Å². The van der Waals surface area contributed by atoms with E-state index >= 15 is 0 Å². The van der Waals surface area contributed by atoms with Crippen LogP contribution in [0.1, 0.15) is 22.3 Å². The van der Waals surface area contributed by atoms with Crippen molar-refractivity contribution in [3.8, 4) is 12.1 Å². The average Bonchev–Trinajstić information content (AvgIpc) is 2.58. The number of nitriles is 2. The minimum absolute atomic E-state index is 0.0436. The zero-order valence-corrected chi connectivity index (χ0v) is 13.3. The molecule has 114 valence electrons. The van der Waals surface area contributed by atoms with Crippen molar-refractivity contribution in [2.45, 2.75) is 16.7 Å². The number of fused-ring (bicyclic) bond motifs is 2. The van der Waals surface area contributed by atoms with Gasteiger partial charge in [0.25, 0.3) is 5.70 Å². The summed E-state index contributed by atoms with van der Waals surface area (Å²) in [5, 5.41) is 18.4. The molecule has 0 fully saturated rings. The number of nitrogens with zero attached hydrogens (tertiary/aromatic N) is 3. The van der Waals surface area contributed by atoms with Crippen LogP contribution in [0.25, 0.3) is 10.4 Å². The Hall–Kier alpha value is -3.40. The average molecular weight is 331 g/mol. The smallest absolute Gasteiger partial charge is 0.226 e. The van der Waals surface area contributed by atoms with E-state index in [2.05, 4.69) is 4.85 Å². The molecule has 3 rings (SSSR count). The molecule has 2 aromatic carbocycles. The highest BCUT2D eigenvalue weighted by atomic mass is 32.2. The van der Waals surface area contributed by atoms with Crippen LogP contribution in [-0.4, -0.2) is 8.42 Å². The molecule has 0 aliphatic carbocycles.